The van der Waals surface area contributed by atoms with Gasteiger partial charge in [-0.05, 0) is 6.92 Å². The largest absolute Gasteiger partial charge is 0.314 e. The van der Waals surface area contributed by atoms with E-state index in [0.717, 1.165) is 17.4 Å². The normalized spacial score (nSPS) is 21.5. The van der Waals surface area contributed by atoms with Crippen LogP contribution >= 0.6 is 22.9 Å². The van der Waals surface area contributed by atoms with Crippen molar-refractivity contribution >= 4 is 38.6 Å². The molecule has 0 radical (unpaired) electrons. The summed E-state index contributed by atoms with van der Waals surface area (Å²) in [6.07, 6.45) is 0. The molecule has 7 nitrogen and oxygen atoms in total. The smallest absolute Gasteiger partial charge is 0.300 e. The highest BCUT2D eigenvalue weighted by Gasteiger charge is 2.34. The van der Waals surface area contributed by atoms with E-state index < -0.39 is 14.9 Å². The molecule has 0 amide bonds. The van der Waals surface area contributed by atoms with Gasteiger partial charge in [0.2, 0.25) is 0 Å². The molecule has 1 aliphatic rings. The number of piperazine rings is 1. The molecule has 1 fully saturated rings. The van der Waals surface area contributed by atoms with Crippen LogP contribution in [0.25, 0.3) is 0 Å². The molecule has 1 atom stereocenters. The van der Waals surface area contributed by atoms with E-state index in [0.29, 0.717) is 19.6 Å². The molecule has 0 bridgehead atoms. The molecule has 1 aromatic rings. The maximum Gasteiger partial charge on any atom is 0.300 e. The Bertz CT molecular complexity index is 601. The van der Waals surface area contributed by atoms with Gasteiger partial charge in [0.25, 0.3) is 15.7 Å². The van der Waals surface area contributed by atoms with Gasteiger partial charge in [-0.2, -0.15) is 4.31 Å². The number of thiophene rings is 1. The zero-order valence-corrected chi connectivity index (χ0v) is 12.4. The number of rotatable bonds is 3. The molecule has 0 unspecified atom stereocenters. The molecule has 106 valence electrons. The van der Waals surface area contributed by atoms with Crippen LogP contribution in [0.3, 0.4) is 0 Å². The zero-order valence-electron chi connectivity index (χ0n) is 10.00. The lowest BCUT2D eigenvalue weighted by Crippen LogP contribution is -2.51. The molecule has 1 saturated heterocycles. The molecule has 1 aromatic heterocycles. The predicted molar refractivity (Wildman–Crippen MR) is 72.2 cm³/mol. The van der Waals surface area contributed by atoms with Crippen LogP contribution in [0.2, 0.25) is 4.34 Å². The summed E-state index contributed by atoms with van der Waals surface area (Å²) in [4.78, 5) is 10.0. The molecular weight excluding hydrogens is 314 g/mol. The summed E-state index contributed by atoms with van der Waals surface area (Å²) in [6.45, 7) is 3.24. The highest BCUT2D eigenvalue weighted by Crippen LogP contribution is 2.37. The molecule has 2 heterocycles. The number of hydrogen-bond donors (Lipinski definition) is 1. The van der Waals surface area contributed by atoms with Crippen molar-refractivity contribution in [2.45, 2.75) is 17.2 Å². The van der Waals surface area contributed by atoms with E-state index in [9.17, 15) is 18.5 Å². The third-order valence-corrected chi connectivity index (χ3v) is 6.65. The van der Waals surface area contributed by atoms with E-state index in [2.05, 4.69) is 5.32 Å². The molecule has 10 heteroatoms. The Kier molecular flexibility index (Phi) is 4.11. The first-order valence-corrected chi connectivity index (χ1v) is 8.14. The summed E-state index contributed by atoms with van der Waals surface area (Å²) >= 11 is 6.42. The molecule has 0 saturated carbocycles. The summed E-state index contributed by atoms with van der Waals surface area (Å²) in [5.74, 6) is 0. The summed E-state index contributed by atoms with van der Waals surface area (Å²) in [7, 11) is -3.72. The molecular formula is C9H12ClN3O4S2. The van der Waals surface area contributed by atoms with Gasteiger partial charge in [-0.3, -0.25) is 10.1 Å². The van der Waals surface area contributed by atoms with Gasteiger partial charge in [-0.15, -0.1) is 11.3 Å². The van der Waals surface area contributed by atoms with Crippen molar-refractivity contribution in [3.63, 3.8) is 0 Å². The molecule has 0 aromatic carbocycles. The summed E-state index contributed by atoms with van der Waals surface area (Å²) in [5, 5.41) is 13.8. The molecule has 0 spiro atoms. The first kappa shape index (κ1) is 14.7. The van der Waals surface area contributed by atoms with Gasteiger partial charge in [-0.25, -0.2) is 8.42 Å². The molecule has 1 aliphatic heterocycles. The molecule has 1 N–H and O–H groups in total. The number of nitrogens with zero attached hydrogens (tertiary/aromatic N) is 2. The maximum atomic E-state index is 12.4. The lowest BCUT2D eigenvalue weighted by molar-refractivity contribution is -0.384. The second-order valence-corrected chi connectivity index (χ2v) is 7.92. The van der Waals surface area contributed by atoms with Gasteiger partial charge in [0.15, 0.2) is 4.34 Å². The summed E-state index contributed by atoms with van der Waals surface area (Å²) < 4.78 is 26.0. The minimum absolute atomic E-state index is 0.0852. The second kappa shape index (κ2) is 5.33. The number of sulfonamides is 1. The van der Waals surface area contributed by atoms with E-state index in [1.54, 1.807) is 6.92 Å². The fraction of sp³-hybridized carbons (Fsp3) is 0.556. The van der Waals surface area contributed by atoms with Crippen molar-refractivity contribution in [3.05, 3.63) is 20.5 Å². The van der Waals surface area contributed by atoms with Crippen molar-refractivity contribution in [1.82, 2.24) is 9.62 Å². The third kappa shape index (κ3) is 2.75. The van der Waals surface area contributed by atoms with Gasteiger partial charge in [0.05, 0.1) is 4.92 Å². The van der Waals surface area contributed by atoms with E-state index in [-0.39, 0.29) is 20.3 Å². The van der Waals surface area contributed by atoms with Crippen LogP contribution in [-0.2, 0) is 10.0 Å². The van der Waals surface area contributed by atoms with Crippen LogP contribution in [0.4, 0.5) is 5.69 Å². The van der Waals surface area contributed by atoms with E-state index in [1.165, 1.54) is 4.31 Å². The third-order valence-electron chi connectivity index (χ3n) is 2.85. The first-order valence-electron chi connectivity index (χ1n) is 5.50. The average molecular weight is 326 g/mol. The second-order valence-electron chi connectivity index (χ2n) is 4.15. The van der Waals surface area contributed by atoms with Gasteiger partial charge in [0, 0.05) is 31.7 Å². The van der Waals surface area contributed by atoms with Crippen molar-refractivity contribution in [1.29, 1.82) is 0 Å². The Balaban J connectivity index is 2.39. The molecule has 2 rings (SSSR count). The van der Waals surface area contributed by atoms with Crippen molar-refractivity contribution < 1.29 is 13.3 Å². The van der Waals surface area contributed by atoms with Gasteiger partial charge < -0.3 is 5.32 Å². The van der Waals surface area contributed by atoms with Gasteiger partial charge >= 0.3 is 0 Å². The number of hydrogen-bond acceptors (Lipinski definition) is 6. The van der Waals surface area contributed by atoms with Gasteiger partial charge in [-0.1, -0.05) is 11.6 Å². The highest BCUT2D eigenvalue weighted by atomic mass is 35.5. The minimum atomic E-state index is -3.72. The molecule has 0 aliphatic carbocycles. The van der Waals surface area contributed by atoms with E-state index in [4.69, 9.17) is 11.6 Å². The van der Waals surface area contributed by atoms with E-state index in [1.807, 2.05) is 0 Å². The maximum absolute atomic E-state index is 12.4. The van der Waals surface area contributed by atoms with Crippen LogP contribution in [0.15, 0.2) is 10.3 Å². The molecule has 19 heavy (non-hydrogen) atoms. The quantitative estimate of drug-likeness (QED) is 0.667. The van der Waals surface area contributed by atoms with Gasteiger partial charge in [0.1, 0.15) is 4.21 Å². The number of nitro groups is 1. The Labute approximate surface area is 119 Å². The Morgan fingerprint density at radius 3 is 2.84 bits per heavy atom. The first-order chi connectivity index (χ1) is 8.84. The fourth-order valence-electron chi connectivity index (χ4n) is 1.89. The van der Waals surface area contributed by atoms with Crippen molar-refractivity contribution in [3.8, 4) is 0 Å². The lowest BCUT2D eigenvalue weighted by Gasteiger charge is -2.32. The zero-order chi connectivity index (χ0) is 14.2. The van der Waals surface area contributed by atoms with Crippen LogP contribution in [0.1, 0.15) is 6.92 Å². The monoisotopic (exact) mass is 325 g/mol. The van der Waals surface area contributed by atoms with E-state index >= 15 is 0 Å². The highest BCUT2D eigenvalue weighted by molar-refractivity contribution is 7.91. The van der Waals surface area contributed by atoms with Crippen molar-refractivity contribution in [2.24, 2.45) is 0 Å². The fourth-order valence-corrected chi connectivity index (χ4v) is 5.31. The Morgan fingerprint density at radius 1 is 1.63 bits per heavy atom. The minimum Gasteiger partial charge on any atom is -0.314 e. The topological polar surface area (TPSA) is 92.6 Å². The SMILES string of the molecule is C[C@H]1CNCCN1S(=O)(=O)c1cc([N+](=O)[O-])c(Cl)s1. The summed E-state index contributed by atoms with van der Waals surface area (Å²) in [5.41, 5.74) is -0.368. The van der Waals surface area contributed by atoms with Crippen LogP contribution in [-0.4, -0.2) is 43.3 Å². The Hall–Kier alpha value is -0.740. The van der Waals surface area contributed by atoms with Crippen LogP contribution in [0, 0.1) is 10.1 Å². The Morgan fingerprint density at radius 2 is 2.32 bits per heavy atom. The van der Waals surface area contributed by atoms with Crippen LogP contribution < -0.4 is 5.32 Å². The van der Waals surface area contributed by atoms with Crippen molar-refractivity contribution in [2.75, 3.05) is 19.6 Å². The van der Waals surface area contributed by atoms with Crippen LogP contribution in [0.5, 0.6) is 0 Å². The standard InChI is InChI=1S/C9H12ClN3O4S2/c1-6-5-11-2-3-12(6)19(16,17)8-4-7(13(14)15)9(10)18-8/h4,6,11H,2-3,5H2,1H3/t6-/m0/s1. The lowest BCUT2D eigenvalue weighted by atomic mass is 10.3. The average Bonchev–Trinajstić information content (AvgIpc) is 2.72. The number of nitrogens with one attached hydrogen (secondary N) is 1. The predicted octanol–water partition coefficient (Wildman–Crippen LogP) is 1.29. The summed E-state index contributed by atoms with van der Waals surface area (Å²) in [6, 6.07) is 0.829. The number of halogens is 1.